The van der Waals surface area contributed by atoms with Gasteiger partial charge in [0.25, 0.3) is 5.91 Å². The van der Waals surface area contributed by atoms with E-state index in [-0.39, 0.29) is 40.0 Å². The van der Waals surface area contributed by atoms with Crippen molar-refractivity contribution in [2.45, 2.75) is 31.2 Å². The topological polar surface area (TPSA) is 73.2 Å². The summed E-state index contributed by atoms with van der Waals surface area (Å²) in [5.41, 5.74) is 0.383. The minimum Gasteiger partial charge on any atom is -0.484 e. The van der Waals surface area contributed by atoms with Crippen LogP contribution in [0.15, 0.2) is 30.5 Å². The normalized spacial score (nSPS) is 25.3. The van der Waals surface area contributed by atoms with E-state index < -0.39 is 5.82 Å². The molecule has 5 rings (SSSR count). The number of rotatable bonds is 7. The summed E-state index contributed by atoms with van der Waals surface area (Å²) in [4.78, 5) is 24.5. The fraction of sp³-hybridized carbons (Fsp3) is 0.421. The molecule has 142 valence electrons. The highest BCUT2D eigenvalue weighted by atomic mass is 35.5. The number of carbonyl (C=O) groups is 2. The number of nitrogens with zero attached hydrogens (tertiary/aromatic N) is 2. The van der Waals surface area contributed by atoms with Crippen LogP contribution in [0.1, 0.15) is 36.2 Å². The quantitative estimate of drug-likeness (QED) is 0.736. The zero-order valence-electron chi connectivity index (χ0n) is 14.8. The zero-order valence-corrected chi connectivity index (χ0v) is 15.6. The van der Waals surface area contributed by atoms with Crippen LogP contribution >= 0.6 is 11.6 Å². The van der Waals surface area contributed by atoms with E-state index in [0.717, 1.165) is 25.3 Å². The smallest absolute Gasteiger partial charge is 0.258 e. The maximum Gasteiger partial charge on any atom is 0.258 e. The van der Waals surface area contributed by atoms with Gasteiger partial charge in [0.15, 0.2) is 12.4 Å². The molecule has 27 heavy (non-hydrogen) atoms. The number of Topliss-reactive ketones (excluding diaryl/α,β-unsaturated/α-hetero) is 1. The van der Waals surface area contributed by atoms with Crippen molar-refractivity contribution >= 4 is 23.3 Å². The summed E-state index contributed by atoms with van der Waals surface area (Å²) in [5, 5.41) is 7.02. The lowest BCUT2D eigenvalue weighted by Crippen LogP contribution is -2.75. The van der Waals surface area contributed by atoms with Gasteiger partial charge in [0.1, 0.15) is 17.3 Å². The van der Waals surface area contributed by atoms with E-state index in [1.807, 2.05) is 0 Å². The zero-order chi connectivity index (χ0) is 19.2. The Hall–Kier alpha value is -2.41. The maximum absolute atomic E-state index is 13.4. The second-order valence-corrected chi connectivity index (χ2v) is 8.07. The lowest BCUT2D eigenvalue weighted by Gasteiger charge is -2.70. The summed E-state index contributed by atoms with van der Waals surface area (Å²) in [6.07, 6.45) is 4.48. The van der Waals surface area contributed by atoms with Crippen LogP contribution in [-0.4, -0.2) is 33.6 Å². The molecule has 2 bridgehead atoms. The van der Waals surface area contributed by atoms with Gasteiger partial charge in [-0.2, -0.15) is 5.10 Å². The van der Waals surface area contributed by atoms with Crippen molar-refractivity contribution < 1.29 is 18.7 Å². The third-order valence-electron chi connectivity index (χ3n) is 5.45. The van der Waals surface area contributed by atoms with E-state index in [2.05, 4.69) is 10.4 Å². The molecule has 6 nitrogen and oxygen atoms in total. The van der Waals surface area contributed by atoms with Gasteiger partial charge in [-0.3, -0.25) is 14.3 Å². The molecule has 1 heterocycles. The predicted octanol–water partition coefficient (Wildman–Crippen LogP) is 2.90. The highest BCUT2D eigenvalue weighted by Crippen LogP contribution is 2.69. The highest BCUT2D eigenvalue weighted by molar-refractivity contribution is 6.30. The number of hydrogen-bond acceptors (Lipinski definition) is 4. The number of carbonyl (C=O) groups excluding carboxylic acids is 2. The van der Waals surface area contributed by atoms with Crippen LogP contribution in [0.2, 0.25) is 5.02 Å². The second kappa shape index (κ2) is 6.34. The Morgan fingerprint density at radius 3 is 2.70 bits per heavy atom. The molecule has 3 fully saturated rings. The number of nitrogens with one attached hydrogen (secondary N) is 1. The van der Waals surface area contributed by atoms with Gasteiger partial charge >= 0.3 is 0 Å². The van der Waals surface area contributed by atoms with E-state index in [1.54, 1.807) is 24.0 Å². The lowest BCUT2D eigenvalue weighted by atomic mass is 9.38. The third-order valence-corrected chi connectivity index (χ3v) is 5.75. The fourth-order valence-corrected chi connectivity index (χ4v) is 4.56. The molecule has 1 amide bonds. The van der Waals surface area contributed by atoms with Crippen LogP contribution < -0.4 is 10.1 Å². The molecule has 0 radical (unpaired) electrons. The highest BCUT2D eigenvalue weighted by Gasteiger charge is 2.68. The third kappa shape index (κ3) is 3.32. The lowest BCUT2D eigenvalue weighted by molar-refractivity contribution is -0.164. The Morgan fingerprint density at radius 2 is 2.07 bits per heavy atom. The number of benzene rings is 1. The summed E-state index contributed by atoms with van der Waals surface area (Å²) in [6, 6.07) is 5.77. The molecule has 3 aliphatic rings. The van der Waals surface area contributed by atoms with Crippen LogP contribution in [0.3, 0.4) is 0 Å². The Labute approximate surface area is 160 Å². The molecule has 3 aliphatic carbocycles. The molecule has 0 saturated heterocycles. The van der Waals surface area contributed by atoms with Gasteiger partial charge in [-0.15, -0.1) is 0 Å². The number of ketones is 1. The summed E-state index contributed by atoms with van der Waals surface area (Å²) in [6.45, 7) is -0.191. The van der Waals surface area contributed by atoms with E-state index in [9.17, 15) is 14.0 Å². The molecule has 8 heteroatoms. The second-order valence-electron chi connectivity index (χ2n) is 7.66. The van der Waals surface area contributed by atoms with Gasteiger partial charge in [0.05, 0.1) is 5.02 Å². The van der Waals surface area contributed by atoms with Crippen molar-refractivity contribution in [1.29, 1.82) is 0 Å². The number of ether oxygens (including phenoxy) is 1. The molecule has 3 saturated carbocycles. The first-order valence-electron chi connectivity index (χ1n) is 8.70. The number of amides is 1. The Kier molecular flexibility index (Phi) is 4.22. The summed E-state index contributed by atoms with van der Waals surface area (Å²) >= 11 is 5.61. The SMILES string of the molecule is Cn1nccc1C(=O)CC12CC(NC(=O)COc3ccc(Cl)c(F)c3)(C1)C2. The molecule has 1 N–H and O–H groups in total. The predicted molar refractivity (Wildman–Crippen MR) is 96.2 cm³/mol. The Morgan fingerprint density at radius 1 is 1.33 bits per heavy atom. The van der Waals surface area contributed by atoms with Gasteiger partial charge in [0.2, 0.25) is 0 Å². The first kappa shape index (κ1) is 18.0. The van der Waals surface area contributed by atoms with Crippen molar-refractivity contribution in [3.05, 3.63) is 47.0 Å². The molecule has 0 atom stereocenters. The fourth-order valence-electron chi connectivity index (χ4n) is 4.44. The molecule has 0 unspecified atom stereocenters. The molecule has 2 aromatic rings. The van der Waals surface area contributed by atoms with Crippen molar-refractivity contribution in [2.75, 3.05) is 6.61 Å². The summed E-state index contributed by atoms with van der Waals surface area (Å²) in [7, 11) is 1.75. The number of hydrogen-bond donors (Lipinski definition) is 1. The van der Waals surface area contributed by atoms with Crippen molar-refractivity contribution in [2.24, 2.45) is 12.5 Å². The molecule has 0 aliphatic heterocycles. The maximum atomic E-state index is 13.4. The monoisotopic (exact) mass is 391 g/mol. The molecular formula is C19H19ClFN3O3. The van der Waals surface area contributed by atoms with E-state index in [4.69, 9.17) is 16.3 Å². The minimum atomic E-state index is -0.589. The van der Waals surface area contributed by atoms with Gasteiger partial charge in [0, 0.05) is 31.3 Å². The number of halogens is 2. The molecular weight excluding hydrogens is 373 g/mol. The van der Waals surface area contributed by atoms with Crippen LogP contribution in [0, 0.1) is 11.2 Å². The molecule has 1 aromatic carbocycles. The van der Waals surface area contributed by atoms with E-state index >= 15 is 0 Å². The van der Waals surface area contributed by atoms with Gasteiger partial charge in [-0.25, -0.2) is 4.39 Å². The molecule has 1 aromatic heterocycles. The summed E-state index contributed by atoms with van der Waals surface area (Å²) in [5.74, 6) is -0.503. The first-order chi connectivity index (χ1) is 12.8. The first-order valence-corrected chi connectivity index (χ1v) is 9.08. The van der Waals surface area contributed by atoms with Crippen LogP contribution in [0.5, 0.6) is 5.75 Å². The molecule has 0 spiro atoms. The van der Waals surface area contributed by atoms with Crippen molar-refractivity contribution in [3.8, 4) is 5.75 Å². The standard InChI is InChI=1S/C19H19ClFN3O3/c1-24-15(4-5-22-24)16(25)7-18-9-19(10-18,11-18)23-17(26)8-27-12-2-3-13(20)14(21)6-12/h2-6H,7-11H2,1H3,(H,23,26). The number of aryl methyl sites for hydroxylation is 1. The number of aromatic nitrogens is 2. The van der Waals surface area contributed by atoms with Crippen molar-refractivity contribution in [1.82, 2.24) is 15.1 Å². The van der Waals surface area contributed by atoms with Crippen molar-refractivity contribution in [3.63, 3.8) is 0 Å². The van der Waals surface area contributed by atoms with Crippen LogP contribution in [0.4, 0.5) is 4.39 Å². The summed E-state index contributed by atoms with van der Waals surface area (Å²) < 4.78 is 20.3. The van der Waals surface area contributed by atoms with Gasteiger partial charge in [-0.05, 0) is 42.9 Å². The van der Waals surface area contributed by atoms with Crippen LogP contribution in [0.25, 0.3) is 0 Å². The largest absolute Gasteiger partial charge is 0.484 e. The van der Waals surface area contributed by atoms with Gasteiger partial charge < -0.3 is 10.1 Å². The van der Waals surface area contributed by atoms with E-state index in [0.29, 0.717) is 12.1 Å². The van der Waals surface area contributed by atoms with Crippen LogP contribution in [-0.2, 0) is 11.8 Å². The van der Waals surface area contributed by atoms with E-state index in [1.165, 1.54) is 12.1 Å². The van der Waals surface area contributed by atoms with Gasteiger partial charge in [-0.1, -0.05) is 11.6 Å². The average molecular weight is 392 g/mol. The minimum absolute atomic E-state index is 0.00516. The Bertz CT molecular complexity index is 907. The Balaban J connectivity index is 1.24. The average Bonchev–Trinajstić information content (AvgIpc) is 2.99.